The molecule has 0 aromatic rings. The Morgan fingerprint density at radius 1 is 1.45 bits per heavy atom. The molecule has 0 spiro atoms. The molecule has 8 nitrogen and oxygen atoms in total. The summed E-state index contributed by atoms with van der Waals surface area (Å²) >= 11 is 0. The monoisotopic (exact) mass is 304 g/mol. The predicted octanol–water partition coefficient (Wildman–Crippen LogP) is -0.818. The Labute approximate surface area is 116 Å². The molecule has 1 saturated heterocycles. The Hall–Kier alpha value is -1.61. The molecule has 2 unspecified atom stereocenters. The fourth-order valence-corrected chi connectivity index (χ4v) is 3.44. The van der Waals surface area contributed by atoms with Gasteiger partial charge in [-0.3, -0.25) is 4.79 Å². The third-order valence-electron chi connectivity index (χ3n) is 3.14. The summed E-state index contributed by atoms with van der Waals surface area (Å²) in [4.78, 5) is 24.2. The first-order valence-corrected chi connectivity index (χ1v) is 7.86. The van der Waals surface area contributed by atoms with E-state index >= 15 is 0 Å². The van der Waals surface area contributed by atoms with Crippen LogP contribution in [-0.2, 0) is 19.4 Å². The number of hydrogen-bond donors (Lipinski definition) is 2. The minimum atomic E-state index is -3.24. The zero-order valence-corrected chi connectivity index (χ0v) is 11.5. The summed E-state index contributed by atoms with van der Waals surface area (Å²) < 4.78 is 27.7. The number of rotatable bonds is 3. The van der Waals surface area contributed by atoms with Gasteiger partial charge in [-0.1, -0.05) is 0 Å². The van der Waals surface area contributed by atoms with E-state index in [2.05, 4.69) is 5.32 Å². The average molecular weight is 304 g/mol. The molecule has 9 heteroatoms. The van der Waals surface area contributed by atoms with Crippen LogP contribution in [-0.4, -0.2) is 68.0 Å². The number of amides is 2. The molecule has 2 heterocycles. The van der Waals surface area contributed by atoms with Crippen molar-refractivity contribution in [1.29, 1.82) is 0 Å². The van der Waals surface area contributed by atoms with E-state index in [4.69, 9.17) is 9.84 Å². The van der Waals surface area contributed by atoms with E-state index in [0.29, 0.717) is 6.61 Å². The first-order chi connectivity index (χ1) is 9.37. The van der Waals surface area contributed by atoms with Gasteiger partial charge in [-0.25, -0.2) is 13.2 Å². The summed E-state index contributed by atoms with van der Waals surface area (Å²) in [6.45, 7) is 0.786. The zero-order valence-electron chi connectivity index (χ0n) is 10.7. The van der Waals surface area contributed by atoms with Crippen molar-refractivity contribution in [2.75, 3.05) is 25.5 Å². The van der Waals surface area contributed by atoms with E-state index in [1.165, 1.54) is 11.0 Å². The molecule has 1 fully saturated rings. The lowest BCUT2D eigenvalue weighted by Crippen LogP contribution is -2.55. The molecular weight excluding hydrogens is 288 g/mol. The summed E-state index contributed by atoms with van der Waals surface area (Å²) in [6, 6.07) is -1.57. The number of aliphatic carboxylic acids is 1. The summed E-state index contributed by atoms with van der Waals surface area (Å²) in [7, 11) is -3.24. The van der Waals surface area contributed by atoms with Gasteiger partial charge in [-0.05, 0) is 6.08 Å². The van der Waals surface area contributed by atoms with Crippen molar-refractivity contribution < 1.29 is 27.9 Å². The standard InChI is InChI=1S/C11H16N2O6S/c14-10(15)5-9-6-19-3-2-13(9)11(16)12-8-1-4-20(17,18)7-8/h1,4,8-9H,2-3,5-7H2,(H,12,16)(H,14,15). The molecule has 2 aliphatic heterocycles. The topological polar surface area (TPSA) is 113 Å². The third kappa shape index (κ3) is 3.70. The Morgan fingerprint density at radius 2 is 2.20 bits per heavy atom. The molecule has 2 atom stereocenters. The van der Waals surface area contributed by atoms with Crippen LogP contribution in [0.3, 0.4) is 0 Å². The molecular formula is C11H16N2O6S. The quantitative estimate of drug-likeness (QED) is 0.704. The van der Waals surface area contributed by atoms with E-state index in [1.54, 1.807) is 0 Å². The SMILES string of the molecule is O=C(O)CC1COCCN1C(=O)NC1C=CS(=O)(=O)C1. The van der Waals surface area contributed by atoms with Crippen molar-refractivity contribution in [2.45, 2.75) is 18.5 Å². The van der Waals surface area contributed by atoms with Crippen molar-refractivity contribution in [3.8, 4) is 0 Å². The Bertz CT molecular complexity index is 529. The fourth-order valence-electron chi connectivity index (χ4n) is 2.20. The highest BCUT2D eigenvalue weighted by atomic mass is 32.2. The summed E-state index contributed by atoms with van der Waals surface area (Å²) in [5.74, 6) is -1.17. The van der Waals surface area contributed by atoms with Gasteiger partial charge in [-0.2, -0.15) is 0 Å². The second kappa shape index (κ2) is 5.80. The number of urea groups is 1. The number of hydrogen-bond acceptors (Lipinski definition) is 5. The molecule has 0 saturated carbocycles. The maximum absolute atomic E-state index is 12.1. The largest absolute Gasteiger partial charge is 0.481 e. The van der Waals surface area contributed by atoms with Gasteiger partial charge in [0.25, 0.3) is 0 Å². The smallest absolute Gasteiger partial charge is 0.318 e. The molecule has 2 N–H and O–H groups in total. The molecule has 0 radical (unpaired) electrons. The maximum atomic E-state index is 12.1. The number of carbonyl (C=O) groups is 2. The minimum absolute atomic E-state index is 0.160. The molecule has 0 bridgehead atoms. The van der Waals surface area contributed by atoms with Crippen LogP contribution >= 0.6 is 0 Å². The number of morpholine rings is 1. The van der Waals surface area contributed by atoms with E-state index in [-0.39, 0.29) is 25.3 Å². The first-order valence-electron chi connectivity index (χ1n) is 6.15. The number of nitrogens with zero attached hydrogens (tertiary/aromatic N) is 1. The molecule has 2 aliphatic rings. The van der Waals surface area contributed by atoms with Crippen LogP contribution in [0.25, 0.3) is 0 Å². The van der Waals surface area contributed by atoms with Crippen LogP contribution in [0, 0.1) is 0 Å². The molecule has 0 aromatic heterocycles. The van der Waals surface area contributed by atoms with E-state index in [1.807, 2.05) is 0 Å². The number of carbonyl (C=O) groups excluding carboxylic acids is 1. The van der Waals surface area contributed by atoms with Gasteiger partial charge in [-0.15, -0.1) is 0 Å². The fraction of sp³-hybridized carbons (Fsp3) is 0.636. The first kappa shape index (κ1) is 14.8. The van der Waals surface area contributed by atoms with E-state index in [9.17, 15) is 18.0 Å². The number of ether oxygens (including phenoxy) is 1. The maximum Gasteiger partial charge on any atom is 0.318 e. The lowest BCUT2D eigenvalue weighted by molar-refractivity contribution is -0.139. The van der Waals surface area contributed by atoms with Gasteiger partial charge in [0.2, 0.25) is 0 Å². The van der Waals surface area contributed by atoms with Gasteiger partial charge >= 0.3 is 12.0 Å². The second-order valence-corrected chi connectivity index (χ2v) is 6.67. The predicted molar refractivity (Wildman–Crippen MR) is 68.8 cm³/mol. The molecule has 0 aliphatic carbocycles. The summed E-state index contributed by atoms with van der Waals surface area (Å²) in [6.07, 6.45) is 1.21. The molecule has 20 heavy (non-hydrogen) atoms. The lowest BCUT2D eigenvalue weighted by atomic mass is 10.1. The second-order valence-electron chi connectivity index (χ2n) is 4.73. The number of carboxylic acid groups (broad SMARTS) is 1. The highest BCUT2D eigenvalue weighted by Crippen LogP contribution is 2.13. The molecule has 2 rings (SSSR count). The van der Waals surface area contributed by atoms with Crippen molar-refractivity contribution in [1.82, 2.24) is 10.2 Å². The summed E-state index contributed by atoms with van der Waals surface area (Å²) in [5.41, 5.74) is 0. The van der Waals surface area contributed by atoms with E-state index in [0.717, 1.165) is 5.41 Å². The number of nitrogens with one attached hydrogen (secondary N) is 1. The Balaban J connectivity index is 1.96. The lowest BCUT2D eigenvalue weighted by Gasteiger charge is -2.35. The number of sulfone groups is 1. The van der Waals surface area contributed by atoms with Crippen LogP contribution in [0.1, 0.15) is 6.42 Å². The normalized spacial score (nSPS) is 28.3. The van der Waals surface area contributed by atoms with Crippen molar-refractivity contribution in [3.05, 3.63) is 11.5 Å². The van der Waals surface area contributed by atoms with Gasteiger partial charge in [0.15, 0.2) is 9.84 Å². The average Bonchev–Trinajstić information content (AvgIpc) is 2.68. The van der Waals surface area contributed by atoms with Crippen LogP contribution in [0.5, 0.6) is 0 Å². The highest BCUT2D eigenvalue weighted by molar-refractivity contribution is 7.94. The van der Waals surface area contributed by atoms with Gasteiger partial charge in [0, 0.05) is 12.0 Å². The zero-order chi connectivity index (χ0) is 14.8. The molecule has 112 valence electrons. The Morgan fingerprint density at radius 3 is 2.80 bits per heavy atom. The van der Waals surface area contributed by atoms with Gasteiger partial charge < -0.3 is 20.1 Å². The minimum Gasteiger partial charge on any atom is -0.481 e. The van der Waals surface area contributed by atoms with Crippen molar-refractivity contribution in [2.24, 2.45) is 0 Å². The van der Waals surface area contributed by atoms with Gasteiger partial charge in [0.05, 0.1) is 37.5 Å². The molecule has 2 amide bonds. The van der Waals surface area contributed by atoms with Crippen molar-refractivity contribution >= 4 is 21.8 Å². The number of carboxylic acids is 1. The van der Waals surface area contributed by atoms with Crippen LogP contribution in [0.15, 0.2) is 11.5 Å². The third-order valence-corrected chi connectivity index (χ3v) is 4.53. The van der Waals surface area contributed by atoms with Crippen LogP contribution in [0.2, 0.25) is 0 Å². The van der Waals surface area contributed by atoms with Crippen LogP contribution < -0.4 is 5.32 Å². The summed E-state index contributed by atoms with van der Waals surface area (Å²) in [5, 5.41) is 12.5. The molecule has 0 aromatic carbocycles. The van der Waals surface area contributed by atoms with Crippen molar-refractivity contribution in [3.63, 3.8) is 0 Å². The van der Waals surface area contributed by atoms with E-state index < -0.39 is 33.9 Å². The Kier molecular flexibility index (Phi) is 4.29. The van der Waals surface area contributed by atoms with Crippen LogP contribution in [0.4, 0.5) is 4.79 Å². The highest BCUT2D eigenvalue weighted by Gasteiger charge is 2.31. The van der Waals surface area contributed by atoms with Gasteiger partial charge in [0.1, 0.15) is 0 Å².